The summed E-state index contributed by atoms with van der Waals surface area (Å²) in [4.78, 5) is 17.3. The Morgan fingerprint density at radius 3 is 2.64 bits per heavy atom. The Morgan fingerprint density at radius 1 is 1.04 bits per heavy atom. The van der Waals surface area contributed by atoms with Crippen LogP contribution in [0.4, 0.5) is 10.5 Å². The van der Waals surface area contributed by atoms with E-state index in [0.717, 1.165) is 37.1 Å². The Hall–Kier alpha value is -2.12. The maximum atomic E-state index is 12.6. The third kappa shape index (κ3) is 4.47. The summed E-state index contributed by atoms with van der Waals surface area (Å²) in [6.07, 6.45) is 0.986. The van der Waals surface area contributed by atoms with Gasteiger partial charge in [-0.25, -0.2) is 0 Å². The Morgan fingerprint density at radius 2 is 1.82 bits per heavy atom. The van der Waals surface area contributed by atoms with Crippen molar-refractivity contribution < 1.29 is 26.0 Å². The first kappa shape index (κ1) is 19.2. The zero-order valence-corrected chi connectivity index (χ0v) is 18.1. The van der Waals surface area contributed by atoms with Crippen LogP contribution in [0.3, 0.4) is 0 Å². The van der Waals surface area contributed by atoms with Crippen LogP contribution in [0.2, 0.25) is 0 Å². The summed E-state index contributed by atoms with van der Waals surface area (Å²) in [5, 5.41) is 8.60. The number of carbonyl (C=O) groups is 1. The van der Waals surface area contributed by atoms with Gasteiger partial charge in [0.15, 0.2) is 0 Å². The normalized spacial score (nSPS) is 17.1. The zero-order chi connectivity index (χ0) is 19.3. The number of hydrogen-bond donors (Lipinski definition) is 2. The number of fused-ring (bicyclic) bond motifs is 1. The number of rotatable bonds is 5. The van der Waals surface area contributed by atoms with Gasteiger partial charge in [0, 0.05) is 0 Å². The van der Waals surface area contributed by atoms with E-state index in [4.69, 9.17) is 0 Å². The van der Waals surface area contributed by atoms with Crippen LogP contribution < -0.4 is 31.8 Å². The molecule has 1 aliphatic rings. The van der Waals surface area contributed by atoms with Gasteiger partial charge in [0.05, 0.1) is 0 Å². The van der Waals surface area contributed by atoms with Crippen LogP contribution in [0, 0.1) is 3.57 Å². The molecule has 1 heterocycles. The van der Waals surface area contributed by atoms with Crippen LogP contribution in [-0.2, 0) is 6.54 Å². The first-order valence-corrected chi connectivity index (χ1v) is 12.8. The van der Waals surface area contributed by atoms with Gasteiger partial charge >= 0.3 is 147 Å². The molecule has 146 valence electrons. The fourth-order valence-electron chi connectivity index (χ4n) is 3.82. The van der Waals surface area contributed by atoms with E-state index in [0.29, 0.717) is 0 Å². The number of urea groups is 1. The summed E-state index contributed by atoms with van der Waals surface area (Å²) in [6, 6.07) is 23.1. The van der Waals surface area contributed by atoms with E-state index in [2.05, 4.69) is 69.0 Å². The van der Waals surface area contributed by atoms with Gasteiger partial charge in [-0.1, -0.05) is 30.3 Å². The van der Waals surface area contributed by atoms with Gasteiger partial charge in [-0.2, -0.15) is 0 Å². The first-order chi connectivity index (χ1) is 13.7. The molecule has 0 unspecified atom stereocenters. The van der Waals surface area contributed by atoms with Crippen molar-refractivity contribution in [1.29, 1.82) is 0 Å². The molecule has 2 amide bonds. The predicted octanol–water partition coefficient (Wildman–Crippen LogP) is 1.12. The van der Waals surface area contributed by atoms with Gasteiger partial charge in [0.25, 0.3) is 0 Å². The molecule has 1 saturated heterocycles. The molecule has 3 aromatic rings. The van der Waals surface area contributed by atoms with E-state index in [1.54, 1.807) is 0 Å². The first-order valence-electron chi connectivity index (χ1n) is 9.58. The number of carbonyl (C=O) groups excluding carboxylic acids is 1. The van der Waals surface area contributed by atoms with E-state index in [1.165, 1.54) is 14.5 Å². The summed E-state index contributed by atoms with van der Waals surface area (Å²) >= 11 is 0.000950. The molecule has 0 saturated carbocycles. The van der Waals surface area contributed by atoms with E-state index in [1.807, 2.05) is 18.2 Å². The summed E-state index contributed by atoms with van der Waals surface area (Å²) < 4.78 is 1.41. The van der Waals surface area contributed by atoms with Crippen LogP contribution in [0.25, 0.3) is 10.8 Å². The molecule has 4 rings (SSSR count). The molecule has 0 aliphatic carbocycles. The SMILES string of the molecule is C[I-]c1cccc2c(NC(=O)N[C@H]3CCN(Cc4ccccc4)C3)cccc12. The van der Waals surface area contributed by atoms with Gasteiger partial charge < -0.3 is 0 Å². The van der Waals surface area contributed by atoms with Crippen molar-refractivity contribution in [3.05, 3.63) is 75.9 Å². The molecule has 0 aromatic heterocycles. The average molecular weight is 486 g/mol. The summed E-state index contributed by atoms with van der Waals surface area (Å²) in [5.41, 5.74) is 2.20. The Bertz CT molecular complexity index is 960. The molecular formula is C23H25IN3O-. The minimum absolute atomic E-state index is 0.000950. The van der Waals surface area contributed by atoms with Gasteiger partial charge in [-0.05, 0) is 0 Å². The van der Waals surface area contributed by atoms with Crippen LogP contribution in [0.15, 0.2) is 66.7 Å². The number of anilines is 1. The number of halogens is 1. The van der Waals surface area contributed by atoms with Gasteiger partial charge in [-0.15, -0.1) is 0 Å². The number of nitrogens with one attached hydrogen (secondary N) is 2. The van der Waals surface area contributed by atoms with E-state index in [9.17, 15) is 4.79 Å². The number of nitrogens with zero attached hydrogens (tertiary/aromatic N) is 1. The zero-order valence-electron chi connectivity index (χ0n) is 16.0. The second-order valence-electron chi connectivity index (χ2n) is 7.13. The quantitative estimate of drug-likeness (QED) is 0.420. The van der Waals surface area contributed by atoms with Crippen LogP contribution in [0.5, 0.6) is 0 Å². The average Bonchev–Trinajstić information content (AvgIpc) is 3.15. The van der Waals surface area contributed by atoms with Gasteiger partial charge in [0.1, 0.15) is 0 Å². The van der Waals surface area contributed by atoms with Crippen molar-refractivity contribution in [3.63, 3.8) is 0 Å². The Labute approximate surface area is 176 Å². The number of benzene rings is 3. The Kier molecular flexibility index (Phi) is 6.12. The molecule has 0 spiro atoms. The molecule has 5 heteroatoms. The molecule has 2 N–H and O–H groups in total. The minimum atomic E-state index is -0.115. The molecule has 0 radical (unpaired) electrons. The molecule has 4 nitrogen and oxygen atoms in total. The second-order valence-corrected chi connectivity index (χ2v) is 9.38. The van der Waals surface area contributed by atoms with Crippen molar-refractivity contribution in [2.24, 2.45) is 0 Å². The van der Waals surface area contributed by atoms with Crippen molar-refractivity contribution in [1.82, 2.24) is 10.2 Å². The summed E-state index contributed by atoms with van der Waals surface area (Å²) in [6.45, 7) is 2.84. The van der Waals surface area contributed by atoms with Crippen LogP contribution in [0.1, 0.15) is 12.0 Å². The third-order valence-electron chi connectivity index (χ3n) is 5.18. The molecule has 1 aliphatic heterocycles. The van der Waals surface area contributed by atoms with Crippen molar-refractivity contribution in [2.45, 2.75) is 19.0 Å². The van der Waals surface area contributed by atoms with Crippen molar-refractivity contribution in [2.75, 3.05) is 23.3 Å². The van der Waals surface area contributed by atoms with E-state index >= 15 is 0 Å². The summed E-state index contributed by atoms with van der Waals surface area (Å²) in [7, 11) is 0. The standard InChI is InChI=1S/C23H25IN3O/c1-24-21-11-5-10-20-19(21)9-6-12-22(20)26-23(28)25-18-13-14-27(16-18)15-17-7-3-2-4-8-17/h2-12,18H,13-16H2,1H3,(H2,25,26,28)/q-1/t18-/m0/s1. The molecule has 28 heavy (non-hydrogen) atoms. The monoisotopic (exact) mass is 486 g/mol. The van der Waals surface area contributed by atoms with Crippen molar-refractivity contribution >= 4 is 22.5 Å². The molecule has 3 aromatic carbocycles. The molecule has 0 bridgehead atoms. The molecule has 1 fully saturated rings. The number of hydrogen-bond acceptors (Lipinski definition) is 2. The third-order valence-corrected chi connectivity index (χ3v) is 7.28. The van der Waals surface area contributed by atoms with E-state index < -0.39 is 0 Å². The Balaban J connectivity index is 1.37. The molecular weight excluding hydrogens is 461 g/mol. The van der Waals surface area contributed by atoms with Crippen molar-refractivity contribution in [3.8, 4) is 0 Å². The fraction of sp³-hybridized carbons (Fsp3) is 0.261. The predicted molar refractivity (Wildman–Crippen MR) is 111 cm³/mol. The van der Waals surface area contributed by atoms with E-state index in [-0.39, 0.29) is 33.3 Å². The van der Waals surface area contributed by atoms with Crippen LogP contribution in [-0.4, -0.2) is 35.0 Å². The number of amides is 2. The fourth-order valence-corrected chi connectivity index (χ4v) is 5.44. The number of likely N-dealkylation sites (tertiary alicyclic amines) is 1. The van der Waals surface area contributed by atoms with Crippen LogP contribution >= 0.6 is 0 Å². The molecule has 1 atom stereocenters. The van der Waals surface area contributed by atoms with Gasteiger partial charge in [-0.3, -0.25) is 0 Å². The topological polar surface area (TPSA) is 44.4 Å². The van der Waals surface area contributed by atoms with Gasteiger partial charge in [0.2, 0.25) is 0 Å². The second kappa shape index (κ2) is 8.92. The number of alkyl halides is 1. The summed E-state index contributed by atoms with van der Waals surface area (Å²) in [5.74, 6) is 0. The maximum absolute atomic E-state index is 12.6.